The van der Waals surface area contributed by atoms with Crippen LogP contribution >= 0.6 is 0 Å². The molecule has 1 unspecified atom stereocenters. The summed E-state index contributed by atoms with van der Waals surface area (Å²) in [6, 6.07) is -0.0483. The van der Waals surface area contributed by atoms with Gasteiger partial charge in [-0.05, 0) is 26.9 Å². The molecule has 0 amide bonds. The van der Waals surface area contributed by atoms with Gasteiger partial charge in [0.1, 0.15) is 11.4 Å². The van der Waals surface area contributed by atoms with E-state index >= 15 is 0 Å². The van der Waals surface area contributed by atoms with Gasteiger partial charge in [0, 0.05) is 25.3 Å². The van der Waals surface area contributed by atoms with Crippen molar-refractivity contribution >= 4 is 16.0 Å². The normalized spacial score (nSPS) is 20.2. The molecule has 1 N–H and O–H groups in total. The first kappa shape index (κ1) is 15.9. The number of sulfonamides is 1. The first-order valence-electron chi connectivity index (χ1n) is 6.71. The molecule has 9 heteroatoms. The van der Waals surface area contributed by atoms with Crippen LogP contribution in [0, 0.1) is 0 Å². The lowest BCUT2D eigenvalue weighted by Crippen LogP contribution is -2.41. The highest BCUT2D eigenvalue weighted by atomic mass is 32.2. The fourth-order valence-corrected chi connectivity index (χ4v) is 4.21. The number of rotatable bonds is 6. The lowest BCUT2D eigenvalue weighted by Gasteiger charge is -2.25. The van der Waals surface area contributed by atoms with Crippen molar-refractivity contribution in [3.8, 4) is 0 Å². The van der Waals surface area contributed by atoms with Crippen molar-refractivity contribution in [1.82, 2.24) is 19.0 Å². The van der Waals surface area contributed by atoms with Crippen molar-refractivity contribution in [1.29, 1.82) is 0 Å². The molecule has 1 saturated heterocycles. The molecule has 1 atom stereocenters. The van der Waals surface area contributed by atoms with Crippen molar-refractivity contribution in [3.05, 3.63) is 12.4 Å². The molecule has 8 nitrogen and oxygen atoms in total. The maximum Gasteiger partial charge on any atom is 0.325 e. The standard InChI is InChI=1S/C12H20N4O4S/c1-14(2)7-10-4-3-5-16(10)21(19,20)11-6-13-15(8-11)9-12(17)18/h6,8,10H,3-5,7,9H2,1-2H3,(H,17,18). The molecule has 0 aromatic carbocycles. The van der Waals surface area contributed by atoms with Gasteiger partial charge >= 0.3 is 5.97 Å². The quantitative estimate of drug-likeness (QED) is 0.773. The van der Waals surface area contributed by atoms with Gasteiger partial charge in [-0.25, -0.2) is 8.42 Å². The minimum absolute atomic E-state index is 0.0483. The maximum atomic E-state index is 12.6. The molecule has 0 aliphatic carbocycles. The number of carbonyl (C=O) groups is 1. The van der Waals surface area contributed by atoms with Crippen LogP contribution < -0.4 is 0 Å². The summed E-state index contributed by atoms with van der Waals surface area (Å²) in [4.78, 5) is 12.6. The predicted octanol–water partition coefficient (Wildman–Crippen LogP) is -0.318. The van der Waals surface area contributed by atoms with Crippen LogP contribution in [0.15, 0.2) is 17.3 Å². The van der Waals surface area contributed by atoms with E-state index in [0.29, 0.717) is 13.1 Å². The second-order valence-electron chi connectivity index (χ2n) is 5.44. The van der Waals surface area contributed by atoms with Gasteiger partial charge in [0.2, 0.25) is 10.0 Å². The van der Waals surface area contributed by atoms with Crippen LogP contribution in [-0.2, 0) is 21.4 Å². The summed E-state index contributed by atoms with van der Waals surface area (Å²) in [5, 5.41) is 12.5. The first-order chi connectivity index (χ1) is 9.80. The molecular formula is C12H20N4O4S. The van der Waals surface area contributed by atoms with Crippen molar-refractivity contribution in [2.75, 3.05) is 27.2 Å². The smallest absolute Gasteiger partial charge is 0.325 e. The number of carboxylic acids is 1. The van der Waals surface area contributed by atoms with Gasteiger partial charge in [-0.3, -0.25) is 9.48 Å². The third-order valence-corrected chi connectivity index (χ3v) is 5.32. The summed E-state index contributed by atoms with van der Waals surface area (Å²) in [7, 11) is 0.203. The van der Waals surface area contributed by atoms with Gasteiger partial charge in [0.05, 0.1) is 6.20 Å². The van der Waals surface area contributed by atoms with Gasteiger partial charge in [-0.2, -0.15) is 9.40 Å². The Kier molecular flexibility index (Phi) is 4.64. The molecule has 2 rings (SSSR count). The van der Waals surface area contributed by atoms with E-state index in [-0.39, 0.29) is 17.5 Å². The van der Waals surface area contributed by atoms with Gasteiger partial charge in [0.25, 0.3) is 0 Å². The Labute approximate surface area is 124 Å². The molecule has 2 heterocycles. The van der Waals surface area contributed by atoms with Crippen LogP contribution in [0.3, 0.4) is 0 Å². The molecule has 0 radical (unpaired) electrons. The van der Waals surface area contributed by atoms with Crippen LogP contribution in [0.4, 0.5) is 0 Å². The highest BCUT2D eigenvalue weighted by molar-refractivity contribution is 7.89. The molecule has 1 aliphatic heterocycles. The monoisotopic (exact) mass is 316 g/mol. The minimum Gasteiger partial charge on any atom is -0.480 e. The fourth-order valence-electron chi connectivity index (χ4n) is 2.57. The first-order valence-corrected chi connectivity index (χ1v) is 8.15. The molecule has 0 bridgehead atoms. The van der Waals surface area contributed by atoms with E-state index in [1.54, 1.807) is 0 Å². The average Bonchev–Trinajstić information content (AvgIpc) is 2.96. The van der Waals surface area contributed by atoms with Gasteiger partial charge in [-0.15, -0.1) is 0 Å². The molecule has 1 aromatic heterocycles. The van der Waals surface area contributed by atoms with E-state index in [0.717, 1.165) is 17.5 Å². The fraction of sp³-hybridized carbons (Fsp3) is 0.667. The topological polar surface area (TPSA) is 95.7 Å². The Morgan fingerprint density at radius 1 is 1.52 bits per heavy atom. The molecule has 0 spiro atoms. The lowest BCUT2D eigenvalue weighted by molar-refractivity contribution is -0.137. The van der Waals surface area contributed by atoms with E-state index in [2.05, 4.69) is 5.10 Å². The van der Waals surface area contributed by atoms with Gasteiger partial charge in [0.15, 0.2) is 0 Å². The zero-order valence-corrected chi connectivity index (χ0v) is 13.0. The highest BCUT2D eigenvalue weighted by Crippen LogP contribution is 2.26. The molecule has 21 heavy (non-hydrogen) atoms. The molecule has 1 aliphatic rings. The Bertz CT molecular complexity index is 611. The molecule has 0 saturated carbocycles. The van der Waals surface area contributed by atoms with Gasteiger partial charge < -0.3 is 10.0 Å². The SMILES string of the molecule is CN(C)CC1CCCN1S(=O)(=O)c1cnn(CC(=O)O)c1. The zero-order chi connectivity index (χ0) is 15.6. The van der Waals surface area contributed by atoms with E-state index in [1.807, 2.05) is 19.0 Å². The molecule has 1 aromatic rings. The van der Waals surface area contributed by atoms with E-state index < -0.39 is 16.0 Å². The summed E-state index contributed by atoms with van der Waals surface area (Å²) < 4.78 is 27.9. The summed E-state index contributed by atoms with van der Waals surface area (Å²) >= 11 is 0. The third-order valence-electron chi connectivity index (χ3n) is 3.41. The van der Waals surface area contributed by atoms with Crippen molar-refractivity contribution in [2.24, 2.45) is 0 Å². The lowest BCUT2D eigenvalue weighted by atomic mass is 10.2. The van der Waals surface area contributed by atoms with Crippen LogP contribution in [-0.4, -0.2) is 71.7 Å². The Balaban J connectivity index is 2.20. The molecule has 1 fully saturated rings. The summed E-state index contributed by atoms with van der Waals surface area (Å²) in [6.07, 6.45) is 4.15. The number of aliphatic carboxylic acids is 1. The van der Waals surface area contributed by atoms with Crippen LogP contribution in [0.5, 0.6) is 0 Å². The number of hydrogen-bond acceptors (Lipinski definition) is 5. The Hall–Kier alpha value is -1.45. The largest absolute Gasteiger partial charge is 0.480 e. The van der Waals surface area contributed by atoms with Crippen LogP contribution in [0.1, 0.15) is 12.8 Å². The van der Waals surface area contributed by atoms with Crippen molar-refractivity contribution < 1.29 is 18.3 Å². The minimum atomic E-state index is -3.62. The third kappa shape index (κ3) is 3.60. The zero-order valence-electron chi connectivity index (χ0n) is 12.1. The Morgan fingerprint density at radius 2 is 2.24 bits per heavy atom. The number of nitrogens with zero attached hydrogens (tertiary/aromatic N) is 4. The number of carboxylic acid groups (broad SMARTS) is 1. The van der Waals surface area contributed by atoms with Crippen molar-refractivity contribution in [3.63, 3.8) is 0 Å². The predicted molar refractivity (Wildman–Crippen MR) is 75.3 cm³/mol. The second-order valence-corrected chi connectivity index (χ2v) is 7.33. The van der Waals surface area contributed by atoms with E-state index in [4.69, 9.17) is 5.11 Å². The summed E-state index contributed by atoms with van der Waals surface area (Å²) in [5.74, 6) is -1.06. The maximum absolute atomic E-state index is 12.6. The van der Waals surface area contributed by atoms with Gasteiger partial charge in [-0.1, -0.05) is 0 Å². The number of hydrogen-bond donors (Lipinski definition) is 1. The van der Waals surface area contributed by atoms with E-state index in [1.165, 1.54) is 16.7 Å². The van der Waals surface area contributed by atoms with Crippen LogP contribution in [0.25, 0.3) is 0 Å². The molecular weight excluding hydrogens is 296 g/mol. The molecule has 118 valence electrons. The average molecular weight is 316 g/mol. The van der Waals surface area contributed by atoms with Crippen LogP contribution in [0.2, 0.25) is 0 Å². The number of likely N-dealkylation sites (N-methyl/N-ethyl adjacent to an activating group) is 1. The summed E-state index contributed by atoms with van der Waals surface area (Å²) in [5.41, 5.74) is 0. The summed E-state index contributed by atoms with van der Waals surface area (Å²) in [6.45, 7) is 0.810. The highest BCUT2D eigenvalue weighted by Gasteiger charge is 2.36. The number of aromatic nitrogens is 2. The van der Waals surface area contributed by atoms with Crippen molar-refractivity contribution in [2.45, 2.75) is 30.3 Å². The Morgan fingerprint density at radius 3 is 2.86 bits per heavy atom. The second kappa shape index (κ2) is 6.12. The van der Waals surface area contributed by atoms with E-state index in [9.17, 15) is 13.2 Å².